The number of hydrogen-bond donors (Lipinski definition) is 2. The molecular formula is C20H20IN5O. The first-order valence-corrected chi connectivity index (χ1v) is 9.45. The predicted molar refractivity (Wildman–Crippen MR) is 118 cm³/mol. The summed E-state index contributed by atoms with van der Waals surface area (Å²) in [6.45, 7) is 1.93. The molecular weight excluding hydrogens is 453 g/mol. The minimum absolute atomic E-state index is 0.134. The Morgan fingerprint density at radius 3 is 2.22 bits per heavy atom. The predicted octanol–water partition coefficient (Wildman–Crippen LogP) is 4.45. The van der Waals surface area contributed by atoms with Gasteiger partial charge < -0.3 is 15.5 Å². The van der Waals surface area contributed by atoms with Gasteiger partial charge in [-0.1, -0.05) is 0 Å². The van der Waals surface area contributed by atoms with Gasteiger partial charge in [0.1, 0.15) is 5.82 Å². The van der Waals surface area contributed by atoms with Crippen LogP contribution in [0.4, 0.5) is 23.1 Å². The molecule has 27 heavy (non-hydrogen) atoms. The Bertz CT molecular complexity index is 940. The summed E-state index contributed by atoms with van der Waals surface area (Å²) in [7, 11) is 3.88. The quantitative estimate of drug-likeness (QED) is 0.536. The number of benzene rings is 2. The van der Waals surface area contributed by atoms with Gasteiger partial charge in [0.05, 0.1) is 0 Å². The Hall–Kier alpha value is -2.68. The van der Waals surface area contributed by atoms with Crippen LogP contribution in [-0.2, 0) is 0 Å². The van der Waals surface area contributed by atoms with E-state index in [2.05, 4.69) is 43.2 Å². The Kier molecular flexibility index (Phi) is 5.90. The fraction of sp³-hybridized carbons (Fsp3) is 0.150. The van der Waals surface area contributed by atoms with Crippen molar-refractivity contribution < 1.29 is 4.79 Å². The summed E-state index contributed by atoms with van der Waals surface area (Å²) >= 11 is 2.21. The average Bonchev–Trinajstić information content (AvgIpc) is 2.63. The molecule has 0 spiro atoms. The molecule has 0 atom stereocenters. The number of carbonyl (C=O) groups is 1. The summed E-state index contributed by atoms with van der Waals surface area (Å²) in [4.78, 5) is 23.1. The zero-order chi connectivity index (χ0) is 19.4. The number of anilines is 4. The van der Waals surface area contributed by atoms with Crippen molar-refractivity contribution in [2.45, 2.75) is 6.92 Å². The van der Waals surface area contributed by atoms with Crippen LogP contribution in [0.1, 0.15) is 16.1 Å². The fourth-order valence-electron chi connectivity index (χ4n) is 2.41. The fourth-order valence-corrected chi connectivity index (χ4v) is 2.77. The van der Waals surface area contributed by atoms with Crippen LogP contribution in [0.25, 0.3) is 0 Å². The minimum atomic E-state index is -0.134. The van der Waals surface area contributed by atoms with Gasteiger partial charge in [-0.2, -0.15) is 4.98 Å². The Morgan fingerprint density at radius 2 is 1.59 bits per heavy atom. The SMILES string of the molecule is Cc1cc(N(C)C)nc(Nc2ccc(NC(=O)c3ccc(I)cc3)cc2)n1. The maximum Gasteiger partial charge on any atom is 0.255 e. The van der Waals surface area contributed by atoms with E-state index < -0.39 is 0 Å². The van der Waals surface area contributed by atoms with E-state index in [1.807, 2.05) is 80.5 Å². The lowest BCUT2D eigenvalue weighted by Crippen LogP contribution is -2.13. The molecule has 0 unspecified atom stereocenters. The van der Waals surface area contributed by atoms with Crippen molar-refractivity contribution in [1.29, 1.82) is 0 Å². The standard InChI is InChI=1S/C20H20IN5O/c1-13-12-18(26(2)3)25-20(22-13)24-17-10-8-16(9-11-17)23-19(27)14-4-6-15(21)7-5-14/h4-12H,1-3H3,(H,23,27)(H,22,24,25). The smallest absolute Gasteiger partial charge is 0.255 e. The molecule has 0 aliphatic heterocycles. The molecule has 0 radical (unpaired) electrons. The molecule has 0 fully saturated rings. The van der Waals surface area contributed by atoms with E-state index in [1.54, 1.807) is 0 Å². The van der Waals surface area contributed by atoms with E-state index in [0.29, 0.717) is 11.5 Å². The zero-order valence-electron chi connectivity index (χ0n) is 15.3. The largest absolute Gasteiger partial charge is 0.363 e. The highest BCUT2D eigenvalue weighted by atomic mass is 127. The maximum atomic E-state index is 12.3. The lowest BCUT2D eigenvalue weighted by atomic mass is 10.2. The number of nitrogens with zero attached hydrogens (tertiary/aromatic N) is 3. The van der Waals surface area contributed by atoms with E-state index in [9.17, 15) is 4.79 Å². The Labute approximate surface area is 172 Å². The topological polar surface area (TPSA) is 70.2 Å². The molecule has 2 aromatic carbocycles. The first-order valence-electron chi connectivity index (χ1n) is 8.38. The third-order valence-electron chi connectivity index (χ3n) is 3.80. The number of amides is 1. The Balaban J connectivity index is 1.68. The second-order valence-electron chi connectivity index (χ2n) is 6.25. The summed E-state index contributed by atoms with van der Waals surface area (Å²) in [5.74, 6) is 1.24. The summed E-state index contributed by atoms with van der Waals surface area (Å²) in [5.41, 5.74) is 3.08. The van der Waals surface area contributed by atoms with Gasteiger partial charge in [0.15, 0.2) is 0 Å². The van der Waals surface area contributed by atoms with Crippen molar-refractivity contribution in [2.75, 3.05) is 29.6 Å². The molecule has 0 saturated heterocycles. The summed E-state index contributed by atoms with van der Waals surface area (Å²) in [6, 6.07) is 16.8. The van der Waals surface area contributed by atoms with Gasteiger partial charge in [-0.05, 0) is 78.0 Å². The van der Waals surface area contributed by atoms with Crippen LogP contribution < -0.4 is 15.5 Å². The third-order valence-corrected chi connectivity index (χ3v) is 4.52. The van der Waals surface area contributed by atoms with Crippen LogP contribution in [0.15, 0.2) is 54.6 Å². The van der Waals surface area contributed by atoms with E-state index in [0.717, 1.165) is 26.5 Å². The summed E-state index contributed by atoms with van der Waals surface area (Å²) in [5, 5.41) is 6.09. The van der Waals surface area contributed by atoms with E-state index in [1.165, 1.54) is 0 Å². The number of nitrogens with one attached hydrogen (secondary N) is 2. The lowest BCUT2D eigenvalue weighted by Gasteiger charge is -2.14. The third kappa shape index (κ3) is 5.16. The van der Waals surface area contributed by atoms with Crippen LogP contribution in [0.5, 0.6) is 0 Å². The van der Waals surface area contributed by atoms with Crippen molar-refractivity contribution in [3.8, 4) is 0 Å². The number of aryl methyl sites for hydroxylation is 1. The number of aromatic nitrogens is 2. The number of carbonyl (C=O) groups excluding carboxylic acids is 1. The maximum absolute atomic E-state index is 12.3. The van der Waals surface area contributed by atoms with Crippen molar-refractivity contribution in [3.63, 3.8) is 0 Å². The summed E-state index contributed by atoms with van der Waals surface area (Å²) < 4.78 is 1.09. The highest BCUT2D eigenvalue weighted by Gasteiger charge is 2.07. The molecule has 7 heteroatoms. The van der Waals surface area contributed by atoms with Gasteiger partial charge >= 0.3 is 0 Å². The van der Waals surface area contributed by atoms with Gasteiger partial charge in [-0.15, -0.1) is 0 Å². The van der Waals surface area contributed by atoms with Crippen LogP contribution in [0.3, 0.4) is 0 Å². The number of halogens is 1. The van der Waals surface area contributed by atoms with Crippen molar-refractivity contribution in [3.05, 3.63) is 69.4 Å². The normalized spacial score (nSPS) is 10.4. The van der Waals surface area contributed by atoms with Crippen LogP contribution >= 0.6 is 22.6 Å². The molecule has 3 aromatic rings. The second-order valence-corrected chi connectivity index (χ2v) is 7.49. The van der Waals surface area contributed by atoms with Crippen molar-refractivity contribution in [1.82, 2.24) is 9.97 Å². The second kappa shape index (κ2) is 8.34. The monoisotopic (exact) mass is 473 g/mol. The van der Waals surface area contributed by atoms with Crippen LogP contribution in [0.2, 0.25) is 0 Å². The molecule has 0 aliphatic rings. The van der Waals surface area contributed by atoms with Gasteiger partial charge in [-0.3, -0.25) is 4.79 Å². The molecule has 0 aliphatic carbocycles. The molecule has 2 N–H and O–H groups in total. The van der Waals surface area contributed by atoms with Gasteiger partial charge in [0.2, 0.25) is 5.95 Å². The van der Waals surface area contributed by atoms with Crippen LogP contribution in [-0.4, -0.2) is 30.0 Å². The molecule has 6 nitrogen and oxygen atoms in total. The van der Waals surface area contributed by atoms with Crippen molar-refractivity contribution in [2.24, 2.45) is 0 Å². The highest BCUT2D eigenvalue weighted by molar-refractivity contribution is 14.1. The highest BCUT2D eigenvalue weighted by Crippen LogP contribution is 2.19. The molecule has 1 amide bonds. The lowest BCUT2D eigenvalue weighted by molar-refractivity contribution is 0.102. The first kappa shape index (κ1) is 19.1. The van der Waals surface area contributed by atoms with Gasteiger partial charge in [0, 0.05) is 46.4 Å². The molecule has 3 rings (SSSR count). The number of hydrogen-bond acceptors (Lipinski definition) is 5. The van der Waals surface area contributed by atoms with E-state index >= 15 is 0 Å². The summed E-state index contributed by atoms with van der Waals surface area (Å²) in [6.07, 6.45) is 0. The zero-order valence-corrected chi connectivity index (χ0v) is 17.5. The van der Waals surface area contributed by atoms with Gasteiger partial charge in [0.25, 0.3) is 5.91 Å². The minimum Gasteiger partial charge on any atom is -0.363 e. The van der Waals surface area contributed by atoms with Crippen molar-refractivity contribution >= 4 is 51.6 Å². The molecule has 1 heterocycles. The molecule has 1 aromatic heterocycles. The van der Waals surface area contributed by atoms with Gasteiger partial charge in [-0.25, -0.2) is 4.98 Å². The van der Waals surface area contributed by atoms with E-state index in [4.69, 9.17) is 0 Å². The Morgan fingerprint density at radius 1 is 0.963 bits per heavy atom. The van der Waals surface area contributed by atoms with Crippen LogP contribution in [0, 0.1) is 10.5 Å². The molecule has 0 bridgehead atoms. The van der Waals surface area contributed by atoms with E-state index in [-0.39, 0.29) is 5.91 Å². The molecule has 0 saturated carbocycles. The molecule has 138 valence electrons. The first-order chi connectivity index (χ1) is 12.9. The number of rotatable bonds is 5. The average molecular weight is 473 g/mol.